The zero-order chi connectivity index (χ0) is 9.56. The van der Waals surface area contributed by atoms with Gasteiger partial charge in [-0.2, -0.15) is 0 Å². The molecule has 4 N–H and O–H groups in total. The molecule has 0 saturated heterocycles. The summed E-state index contributed by atoms with van der Waals surface area (Å²) in [6, 6.07) is 0. The summed E-state index contributed by atoms with van der Waals surface area (Å²) in [5, 5.41) is 9.79. The highest BCUT2D eigenvalue weighted by atomic mass is 16.3. The van der Waals surface area contributed by atoms with Crippen LogP contribution in [0.15, 0.2) is 0 Å². The Bertz CT molecular complexity index is 175. The highest BCUT2D eigenvalue weighted by Crippen LogP contribution is 1.75. The van der Waals surface area contributed by atoms with E-state index >= 15 is 0 Å². The molecule has 1 radical (unpaired) electrons. The highest BCUT2D eigenvalue weighted by molar-refractivity contribution is 6.96. The maximum absolute atomic E-state index is 10.7. The molecule has 0 aliphatic rings. The number of amides is 2. The summed E-state index contributed by atoms with van der Waals surface area (Å²) in [5.41, 5.74) is 7.01. The summed E-state index contributed by atoms with van der Waals surface area (Å²) >= 11 is 0. The molecule has 0 bridgehead atoms. The van der Waals surface area contributed by atoms with Crippen molar-refractivity contribution in [2.24, 2.45) is 5.73 Å². The van der Waals surface area contributed by atoms with Gasteiger partial charge in [-0.05, 0) is 0 Å². The van der Waals surface area contributed by atoms with Crippen LogP contribution in [-0.2, 0) is 0 Å². The number of hydrogen-bond acceptors (Lipinski definition) is 4. The number of nitrogens with two attached hydrogens (primary N) is 1. The van der Waals surface area contributed by atoms with Crippen LogP contribution in [0.2, 0.25) is 0 Å². The van der Waals surface area contributed by atoms with Crippen molar-refractivity contribution in [3.63, 3.8) is 0 Å². The molecule has 0 spiro atoms. The first kappa shape index (κ1) is 10.9. The largest absolute Gasteiger partial charge is 0.395 e. The number of nitrogens with one attached hydrogen (secondary N) is 1. The van der Waals surface area contributed by atoms with E-state index < -0.39 is 11.6 Å². The van der Waals surface area contributed by atoms with Gasteiger partial charge in [0.05, 0.1) is 6.61 Å². The third-order valence-corrected chi connectivity index (χ3v) is 1.01. The second-order valence-electron chi connectivity index (χ2n) is 2.17. The Balaban J connectivity index is 3.61. The Morgan fingerprint density at radius 1 is 1.67 bits per heavy atom. The fourth-order valence-electron chi connectivity index (χ4n) is 0.555. The lowest BCUT2D eigenvalue weighted by Crippen LogP contribution is -2.45. The summed E-state index contributed by atoms with van der Waals surface area (Å²) in [5.74, 6) is -1.40. The molecule has 0 unspecified atom stereocenters. The molecule has 0 saturated carbocycles. The first-order valence-corrected chi connectivity index (χ1v) is 3.33. The van der Waals surface area contributed by atoms with Crippen LogP contribution in [0.1, 0.15) is 0 Å². The maximum atomic E-state index is 10.7. The highest BCUT2D eigenvalue weighted by Gasteiger charge is 2.10. The Labute approximate surface area is 70.9 Å². The van der Waals surface area contributed by atoms with E-state index in [9.17, 15) is 9.59 Å². The number of rotatable bonds is 5. The lowest BCUT2D eigenvalue weighted by molar-refractivity contribution is 0.180. The number of primary amides is 1. The summed E-state index contributed by atoms with van der Waals surface area (Å²) in [7, 11) is 2.29. The van der Waals surface area contributed by atoms with Crippen LogP contribution in [0.25, 0.3) is 0 Å². The average molecular weight is 172 g/mol. The minimum absolute atomic E-state index is 0.0760. The van der Waals surface area contributed by atoms with E-state index in [-0.39, 0.29) is 6.61 Å². The van der Waals surface area contributed by atoms with Gasteiger partial charge in [-0.25, -0.2) is 5.01 Å². The van der Waals surface area contributed by atoms with Crippen molar-refractivity contribution >= 4 is 18.9 Å². The molecule has 0 rings (SSSR count). The number of hydrogen-bond donors (Lipinski definition) is 3. The number of aliphatic hydroxyl groups excluding tert-OH is 1. The Morgan fingerprint density at radius 3 is 2.67 bits per heavy atom. The summed E-state index contributed by atoms with van der Waals surface area (Å²) in [6.45, 7) is 0.214. The van der Waals surface area contributed by atoms with Gasteiger partial charge in [-0.3, -0.25) is 15.0 Å². The predicted octanol–water partition coefficient (Wildman–Crippen LogP) is -1.68. The lowest BCUT2D eigenvalue weighted by atomic mass is 9.77. The van der Waals surface area contributed by atoms with Gasteiger partial charge in [0.15, 0.2) is 11.6 Å². The van der Waals surface area contributed by atoms with E-state index in [4.69, 9.17) is 10.8 Å². The van der Waals surface area contributed by atoms with Crippen LogP contribution in [0.4, 0.5) is 9.59 Å². The standard InChI is InChI=1S/C5H11BN3O3/c1-9(2-3-10)8-5(12)6-4(7)11/h10H,2-3H2,1H3,(H2,7,11)(H,8,12). The molecule has 0 aromatic heterocycles. The van der Waals surface area contributed by atoms with Crippen LogP contribution in [0.3, 0.4) is 0 Å². The van der Waals surface area contributed by atoms with Gasteiger partial charge in [-0.15, -0.1) is 0 Å². The first-order valence-electron chi connectivity index (χ1n) is 3.33. The van der Waals surface area contributed by atoms with E-state index in [2.05, 4.69) is 5.43 Å². The van der Waals surface area contributed by atoms with Gasteiger partial charge < -0.3 is 10.8 Å². The van der Waals surface area contributed by atoms with Gasteiger partial charge in [0.25, 0.3) is 0 Å². The van der Waals surface area contributed by atoms with Crippen molar-refractivity contribution < 1.29 is 14.7 Å². The molecule has 0 aliphatic heterocycles. The van der Waals surface area contributed by atoms with Crippen molar-refractivity contribution in [2.45, 2.75) is 0 Å². The van der Waals surface area contributed by atoms with Crippen molar-refractivity contribution in [1.29, 1.82) is 0 Å². The third kappa shape index (κ3) is 5.69. The minimum atomic E-state index is -0.801. The molecule has 67 valence electrons. The minimum Gasteiger partial charge on any atom is -0.395 e. The molecule has 6 nitrogen and oxygen atoms in total. The Morgan fingerprint density at radius 2 is 2.25 bits per heavy atom. The van der Waals surface area contributed by atoms with Crippen molar-refractivity contribution in [3.8, 4) is 0 Å². The zero-order valence-corrected chi connectivity index (χ0v) is 6.78. The second kappa shape index (κ2) is 5.56. The molecule has 0 heterocycles. The van der Waals surface area contributed by atoms with Gasteiger partial charge in [-0.1, -0.05) is 0 Å². The average Bonchev–Trinajstić information content (AvgIpc) is 1.84. The second-order valence-corrected chi connectivity index (χ2v) is 2.17. The quantitative estimate of drug-likeness (QED) is 0.340. The van der Waals surface area contributed by atoms with Gasteiger partial charge in [0.2, 0.25) is 0 Å². The molecule has 0 atom stereocenters. The van der Waals surface area contributed by atoms with Crippen LogP contribution in [0.5, 0.6) is 0 Å². The van der Waals surface area contributed by atoms with Crippen molar-refractivity contribution in [1.82, 2.24) is 10.4 Å². The number of nitrogens with zero attached hydrogens (tertiary/aromatic N) is 1. The molecule has 0 aromatic carbocycles. The number of carbonyl (C=O) groups is 2. The summed E-state index contributed by atoms with van der Waals surface area (Å²) in [6.07, 6.45) is 0. The van der Waals surface area contributed by atoms with Gasteiger partial charge in [0.1, 0.15) is 0 Å². The van der Waals surface area contributed by atoms with E-state index in [0.717, 1.165) is 7.28 Å². The normalized spacial score (nSPS) is 9.58. The molecule has 0 aliphatic carbocycles. The SMILES string of the molecule is CN(CCO)NC(=O)[B]C(N)=O. The van der Waals surface area contributed by atoms with Gasteiger partial charge in [0, 0.05) is 13.6 Å². The van der Waals surface area contributed by atoms with Crippen LogP contribution in [0, 0.1) is 0 Å². The molecular formula is C5H11BN3O3. The van der Waals surface area contributed by atoms with E-state index in [1.165, 1.54) is 5.01 Å². The summed E-state index contributed by atoms with van der Waals surface area (Å²) < 4.78 is 0. The molecular weight excluding hydrogens is 161 g/mol. The molecule has 0 aromatic rings. The fraction of sp³-hybridized carbons (Fsp3) is 0.600. The van der Waals surface area contributed by atoms with Gasteiger partial charge >= 0.3 is 7.28 Å². The fourth-order valence-corrected chi connectivity index (χ4v) is 0.555. The first-order chi connectivity index (χ1) is 5.56. The van der Waals surface area contributed by atoms with Crippen LogP contribution >= 0.6 is 0 Å². The number of likely N-dealkylation sites (N-methyl/N-ethyl adjacent to an activating group) is 1. The van der Waals surface area contributed by atoms with Crippen molar-refractivity contribution in [3.05, 3.63) is 0 Å². The summed E-state index contributed by atoms with van der Waals surface area (Å²) in [4.78, 5) is 20.9. The Hall–Kier alpha value is -1.08. The monoisotopic (exact) mass is 172 g/mol. The Kier molecular flexibility index (Phi) is 5.06. The smallest absolute Gasteiger partial charge is 0.351 e. The number of aliphatic hydroxyl groups is 1. The third-order valence-electron chi connectivity index (χ3n) is 1.01. The zero-order valence-electron chi connectivity index (χ0n) is 6.78. The van der Waals surface area contributed by atoms with E-state index in [1.807, 2.05) is 0 Å². The predicted molar refractivity (Wildman–Crippen MR) is 43.6 cm³/mol. The topological polar surface area (TPSA) is 95.7 Å². The number of carbonyl (C=O) groups excluding carboxylic acids is 2. The van der Waals surface area contributed by atoms with Crippen molar-refractivity contribution in [2.75, 3.05) is 20.2 Å². The molecule has 7 heteroatoms. The molecule has 0 fully saturated rings. The van der Waals surface area contributed by atoms with E-state index in [1.54, 1.807) is 7.05 Å². The van der Waals surface area contributed by atoms with Crippen LogP contribution < -0.4 is 11.2 Å². The maximum Gasteiger partial charge on any atom is 0.351 e. The molecule has 12 heavy (non-hydrogen) atoms. The lowest BCUT2D eigenvalue weighted by Gasteiger charge is -2.15. The van der Waals surface area contributed by atoms with Crippen LogP contribution in [-0.4, -0.2) is 49.2 Å². The number of hydrazine groups is 1. The van der Waals surface area contributed by atoms with E-state index in [0.29, 0.717) is 6.54 Å². The molecule has 2 amide bonds.